The van der Waals surface area contributed by atoms with Gasteiger partial charge in [0.15, 0.2) is 0 Å². The van der Waals surface area contributed by atoms with Crippen LogP contribution in [0, 0.1) is 5.82 Å². The predicted octanol–water partition coefficient (Wildman–Crippen LogP) is 3.92. The highest BCUT2D eigenvalue weighted by molar-refractivity contribution is 7.85. The van der Waals surface area contributed by atoms with Gasteiger partial charge >= 0.3 is 0 Å². The molecule has 2 aromatic rings. The summed E-state index contributed by atoms with van der Waals surface area (Å²) in [5, 5.41) is 3.90. The molecule has 1 fully saturated rings. The molecule has 5 rings (SSSR count). The van der Waals surface area contributed by atoms with Gasteiger partial charge in [0.2, 0.25) is 0 Å². The molecule has 0 saturated carbocycles. The number of benzene rings is 2. The molecule has 0 amide bonds. The van der Waals surface area contributed by atoms with Crippen LogP contribution in [-0.4, -0.2) is 35.6 Å². The smallest absolute Gasteiger partial charge is 0.124 e. The van der Waals surface area contributed by atoms with Gasteiger partial charge in [-0.15, -0.1) is 0 Å². The van der Waals surface area contributed by atoms with Crippen molar-refractivity contribution in [2.75, 3.05) is 30.3 Å². The second-order valence-corrected chi connectivity index (χ2v) is 9.25. The van der Waals surface area contributed by atoms with Crippen molar-refractivity contribution in [3.63, 3.8) is 0 Å². The average molecular weight is 391 g/mol. The molecule has 0 radical (unpaired) electrons. The number of hydrogen-bond acceptors (Lipinski definition) is 3. The molecule has 136 valence electrons. The van der Waals surface area contributed by atoms with Crippen molar-refractivity contribution < 1.29 is 8.60 Å². The van der Waals surface area contributed by atoms with Gasteiger partial charge in [0.05, 0.1) is 26.4 Å². The van der Waals surface area contributed by atoms with E-state index in [9.17, 15) is 8.60 Å². The third-order valence-corrected chi connectivity index (χ3v) is 7.63. The van der Waals surface area contributed by atoms with Crippen LogP contribution in [0.4, 0.5) is 10.1 Å². The van der Waals surface area contributed by atoms with E-state index in [4.69, 9.17) is 11.6 Å². The largest absolute Gasteiger partial charge is 0.367 e. The summed E-state index contributed by atoms with van der Waals surface area (Å²) in [4.78, 5) is 3.42. The Hall–Kier alpha value is -1.43. The number of rotatable bonds is 1. The van der Waals surface area contributed by atoms with E-state index in [0.717, 1.165) is 48.5 Å². The van der Waals surface area contributed by atoms with Crippen LogP contribution in [0.5, 0.6) is 0 Å². The first-order valence-electron chi connectivity index (χ1n) is 9.12. The fourth-order valence-electron chi connectivity index (χ4n) is 4.73. The van der Waals surface area contributed by atoms with Crippen molar-refractivity contribution in [2.24, 2.45) is 0 Å². The fourth-order valence-corrected chi connectivity index (χ4v) is 6.32. The summed E-state index contributed by atoms with van der Waals surface area (Å²) >= 11 is 6.32. The van der Waals surface area contributed by atoms with E-state index < -0.39 is 10.8 Å². The minimum atomic E-state index is -1.01. The molecule has 3 aliphatic heterocycles. The van der Waals surface area contributed by atoms with Gasteiger partial charge in [0.1, 0.15) is 5.82 Å². The zero-order chi connectivity index (χ0) is 17.8. The highest BCUT2D eigenvalue weighted by Crippen LogP contribution is 2.49. The van der Waals surface area contributed by atoms with Crippen LogP contribution in [0.2, 0.25) is 5.02 Å². The molecule has 1 saturated heterocycles. The Bertz CT molecular complexity index is 919. The zero-order valence-corrected chi connectivity index (χ0v) is 15.9. The number of piperidine rings is 1. The van der Waals surface area contributed by atoms with Crippen LogP contribution in [0.15, 0.2) is 35.2 Å². The summed E-state index contributed by atoms with van der Waals surface area (Å²) in [7, 11) is -1.01. The van der Waals surface area contributed by atoms with Gasteiger partial charge in [-0.1, -0.05) is 11.6 Å². The van der Waals surface area contributed by atoms with Crippen LogP contribution in [-0.2, 0) is 10.8 Å². The first kappa shape index (κ1) is 16.7. The lowest BCUT2D eigenvalue weighted by Gasteiger charge is -2.33. The summed E-state index contributed by atoms with van der Waals surface area (Å²) in [6, 6.07) is 9.17. The molecule has 3 aliphatic rings. The zero-order valence-electron chi connectivity index (χ0n) is 14.3. The molecule has 26 heavy (non-hydrogen) atoms. The lowest BCUT2D eigenvalue weighted by molar-refractivity contribution is 0.403. The van der Waals surface area contributed by atoms with Crippen LogP contribution in [0.1, 0.15) is 24.3 Å². The minimum absolute atomic E-state index is 0.343. The van der Waals surface area contributed by atoms with Crippen LogP contribution >= 0.6 is 11.6 Å². The van der Waals surface area contributed by atoms with E-state index in [1.165, 1.54) is 23.4 Å². The molecule has 3 unspecified atom stereocenters. The summed E-state index contributed by atoms with van der Waals surface area (Å²) in [5.41, 5.74) is 4.18. The molecule has 0 spiro atoms. The molecule has 6 heteroatoms. The Labute approximate surface area is 160 Å². The number of hydrogen-bond donors (Lipinski definition) is 1. The molecule has 2 aromatic carbocycles. The van der Waals surface area contributed by atoms with Gasteiger partial charge in [-0.05, 0) is 60.8 Å². The third kappa shape index (κ3) is 2.52. The monoisotopic (exact) mass is 390 g/mol. The second kappa shape index (κ2) is 6.32. The standard InChI is InChI=1S/C20H20ClFN2OS/c21-17-10-13(22)2-3-14(17)12-8-15-16-11-23-5-4-18(16)24-6-1-7-26(25)19(9-12)20(15)24/h2-3,8-10,16,18,23H,1,4-7,11H2. The summed E-state index contributed by atoms with van der Waals surface area (Å²) in [6.07, 6.45) is 2.06. The number of nitrogens with zero attached hydrogens (tertiary/aromatic N) is 1. The van der Waals surface area contributed by atoms with Crippen molar-refractivity contribution in [2.45, 2.75) is 29.7 Å². The highest BCUT2D eigenvalue weighted by atomic mass is 35.5. The SMILES string of the molecule is O=S1CCCN2c3c(cc(-c4ccc(F)cc4Cl)cc31)C1CNCCC12. The number of fused-ring (bicyclic) bond motifs is 3. The molecule has 1 N–H and O–H groups in total. The quantitative estimate of drug-likeness (QED) is 0.800. The van der Waals surface area contributed by atoms with Crippen molar-refractivity contribution in [1.82, 2.24) is 5.32 Å². The minimum Gasteiger partial charge on any atom is -0.367 e. The van der Waals surface area contributed by atoms with E-state index in [1.807, 2.05) is 6.07 Å². The normalized spacial score (nSPS) is 27.0. The van der Waals surface area contributed by atoms with E-state index >= 15 is 0 Å². The average Bonchev–Trinajstić information content (AvgIpc) is 2.84. The Balaban J connectivity index is 1.73. The summed E-state index contributed by atoms with van der Waals surface area (Å²) < 4.78 is 26.4. The summed E-state index contributed by atoms with van der Waals surface area (Å²) in [6.45, 7) is 2.95. The van der Waals surface area contributed by atoms with Crippen molar-refractivity contribution in [1.29, 1.82) is 0 Å². The van der Waals surface area contributed by atoms with Crippen molar-refractivity contribution in [3.8, 4) is 11.1 Å². The Morgan fingerprint density at radius 3 is 3.00 bits per heavy atom. The molecule has 3 atom stereocenters. The van der Waals surface area contributed by atoms with Gasteiger partial charge in [0.25, 0.3) is 0 Å². The highest BCUT2D eigenvalue weighted by Gasteiger charge is 2.42. The topological polar surface area (TPSA) is 32.3 Å². The number of nitrogens with one attached hydrogen (secondary N) is 1. The maximum atomic E-state index is 13.5. The van der Waals surface area contributed by atoms with Crippen molar-refractivity contribution >= 4 is 28.1 Å². The lowest BCUT2D eigenvalue weighted by Crippen LogP contribution is -2.44. The van der Waals surface area contributed by atoms with Gasteiger partial charge in [-0.25, -0.2) is 4.39 Å². The van der Waals surface area contributed by atoms with Crippen molar-refractivity contribution in [3.05, 3.63) is 46.7 Å². The Kier molecular flexibility index (Phi) is 4.07. The van der Waals surface area contributed by atoms with Gasteiger partial charge in [-0.2, -0.15) is 0 Å². The number of anilines is 1. The predicted molar refractivity (Wildman–Crippen MR) is 104 cm³/mol. The molecule has 3 heterocycles. The van der Waals surface area contributed by atoms with Crippen LogP contribution in [0.25, 0.3) is 11.1 Å². The van der Waals surface area contributed by atoms with E-state index in [1.54, 1.807) is 6.07 Å². The molecule has 0 bridgehead atoms. The van der Waals surface area contributed by atoms with Gasteiger partial charge in [0, 0.05) is 36.4 Å². The summed E-state index contributed by atoms with van der Waals surface area (Å²) in [5.74, 6) is 0.759. The fraction of sp³-hybridized carbons (Fsp3) is 0.400. The van der Waals surface area contributed by atoms with Crippen LogP contribution in [0.3, 0.4) is 0 Å². The maximum Gasteiger partial charge on any atom is 0.124 e. The molecule has 3 nitrogen and oxygen atoms in total. The second-order valence-electron chi connectivity index (χ2n) is 7.30. The van der Waals surface area contributed by atoms with E-state index in [2.05, 4.69) is 16.3 Å². The van der Waals surface area contributed by atoms with Crippen LogP contribution < -0.4 is 10.2 Å². The van der Waals surface area contributed by atoms with Gasteiger partial charge in [-0.3, -0.25) is 4.21 Å². The first-order chi connectivity index (χ1) is 12.6. The molecular weight excluding hydrogens is 371 g/mol. The molecular formula is C20H20ClFN2OS. The maximum absolute atomic E-state index is 13.5. The lowest BCUT2D eigenvalue weighted by atomic mass is 9.88. The third-order valence-electron chi connectivity index (χ3n) is 5.85. The van der Waals surface area contributed by atoms with E-state index in [0.29, 0.717) is 22.7 Å². The Morgan fingerprint density at radius 2 is 2.15 bits per heavy atom. The Morgan fingerprint density at radius 1 is 1.27 bits per heavy atom. The van der Waals surface area contributed by atoms with Gasteiger partial charge < -0.3 is 10.2 Å². The van der Waals surface area contributed by atoms with E-state index in [-0.39, 0.29) is 5.82 Å². The molecule has 0 aliphatic carbocycles. The number of halogens is 2. The molecule has 0 aromatic heterocycles. The first-order valence-corrected chi connectivity index (χ1v) is 10.8.